The highest BCUT2D eigenvalue weighted by Gasteiger charge is 2.10. The summed E-state index contributed by atoms with van der Waals surface area (Å²) in [5.41, 5.74) is 1.18. The Hall–Kier alpha value is -1.66. The van der Waals surface area contributed by atoms with E-state index in [1.54, 1.807) is 4.68 Å². The molecule has 6 heteroatoms. The summed E-state index contributed by atoms with van der Waals surface area (Å²) in [7, 11) is -3.65. The molecule has 0 unspecified atom stereocenters. The molecule has 0 radical (unpaired) electrons. The second-order valence-electron chi connectivity index (χ2n) is 3.72. The largest absolute Gasteiger partial charge is 0.271 e. The Balaban J connectivity index is 2.04. The van der Waals surface area contributed by atoms with Crippen LogP contribution in [0.5, 0.6) is 0 Å². The number of aryl methyl sites for hydroxylation is 2. The summed E-state index contributed by atoms with van der Waals surface area (Å²) in [6.07, 6.45) is 3.51. The van der Waals surface area contributed by atoms with Crippen molar-refractivity contribution in [1.29, 1.82) is 0 Å². The number of hydrogen-bond acceptors (Lipinski definition) is 3. The monoisotopic (exact) mass is 251 g/mol. The van der Waals surface area contributed by atoms with Gasteiger partial charge in [0.2, 0.25) is 10.0 Å². The fourth-order valence-electron chi connectivity index (χ4n) is 1.50. The van der Waals surface area contributed by atoms with Crippen molar-refractivity contribution in [3.05, 3.63) is 48.3 Å². The first-order valence-corrected chi connectivity index (χ1v) is 6.69. The molecule has 1 aromatic carbocycles. The molecule has 5 nitrogen and oxygen atoms in total. The van der Waals surface area contributed by atoms with Crippen molar-refractivity contribution in [3.8, 4) is 0 Å². The predicted molar refractivity (Wildman–Crippen MR) is 63.7 cm³/mol. The van der Waals surface area contributed by atoms with Crippen LogP contribution < -0.4 is 5.14 Å². The minimum Gasteiger partial charge on any atom is -0.271 e. The molecule has 1 aromatic heterocycles. The standard InChI is InChI=1S/C11H13N3O2S/c12-17(15,16)11-8-13-14(9-11)7-6-10-4-2-1-3-5-10/h1-5,8-9H,6-7H2,(H2,12,15,16). The Labute approximate surface area is 99.9 Å². The average molecular weight is 251 g/mol. The molecular formula is C11H13N3O2S. The molecule has 0 saturated carbocycles. The number of nitrogens with two attached hydrogens (primary N) is 1. The van der Waals surface area contributed by atoms with E-state index in [1.165, 1.54) is 18.0 Å². The van der Waals surface area contributed by atoms with Crippen LogP contribution in [0.1, 0.15) is 5.56 Å². The quantitative estimate of drug-likeness (QED) is 0.872. The van der Waals surface area contributed by atoms with Crippen LogP contribution in [0.2, 0.25) is 0 Å². The molecule has 1 heterocycles. The topological polar surface area (TPSA) is 78.0 Å². The first kappa shape index (κ1) is 11.8. The van der Waals surface area contributed by atoms with Gasteiger partial charge in [-0.3, -0.25) is 4.68 Å². The van der Waals surface area contributed by atoms with Gasteiger partial charge in [0.15, 0.2) is 0 Å². The first-order valence-electron chi connectivity index (χ1n) is 5.15. The van der Waals surface area contributed by atoms with Crippen molar-refractivity contribution in [2.45, 2.75) is 17.9 Å². The van der Waals surface area contributed by atoms with E-state index in [0.29, 0.717) is 6.54 Å². The molecule has 0 saturated heterocycles. The van der Waals surface area contributed by atoms with Gasteiger partial charge in [-0.1, -0.05) is 30.3 Å². The van der Waals surface area contributed by atoms with Gasteiger partial charge in [0.05, 0.1) is 6.20 Å². The van der Waals surface area contributed by atoms with Crippen molar-refractivity contribution in [2.24, 2.45) is 5.14 Å². The third-order valence-electron chi connectivity index (χ3n) is 2.41. The molecule has 0 atom stereocenters. The zero-order valence-corrected chi connectivity index (χ0v) is 9.97. The SMILES string of the molecule is NS(=O)(=O)c1cnn(CCc2ccccc2)c1. The average Bonchev–Trinajstić information content (AvgIpc) is 2.76. The smallest absolute Gasteiger partial charge is 0.241 e. The summed E-state index contributed by atoms with van der Waals surface area (Å²) in [5, 5.41) is 8.95. The zero-order valence-electron chi connectivity index (χ0n) is 9.15. The maximum absolute atomic E-state index is 11.0. The van der Waals surface area contributed by atoms with Crippen LogP contribution in [-0.4, -0.2) is 18.2 Å². The van der Waals surface area contributed by atoms with Crippen LogP contribution in [0.25, 0.3) is 0 Å². The maximum Gasteiger partial charge on any atom is 0.241 e. The van der Waals surface area contributed by atoms with E-state index in [0.717, 1.165) is 6.42 Å². The predicted octanol–water partition coefficient (Wildman–Crippen LogP) is 0.773. The van der Waals surface area contributed by atoms with Gasteiger partial charge < -0.3 is 0 Å². The summed E-state index contributed by atoms with van der Waals surface area (Å²) >= 11 is 0. The third kappa shape index (κ3) is 3.15. The van der Waals surface area contributed by atoms with E-state index < -0.39 is 10.0 Å². The van der Waals surface area contributed by atoms with Gasteiger partial charge in [-0.25, -0.2) is 13.6 Å². The maximum atomic E-state index is 11.0. The summed E-state index contributed by atoms with van der Waals surface area (Å²) in [5.74, 6) is 0. The molecule has 0 aliphatic heterocycles. The Bertz CT molecular complexity index is 590. The zero-order chi connectivity index (χ0) is 12.3. The number of sulfonamides is 1. The van der Waals surface area contributed by atoms with Gasteiger partial charge in [0.25, 0.3) is 0 Å². The van der Waals surface area contributed by atoms with E-state index in [4.69, 9.17) is 5.14 Å². The highest BCUT2D eigenvalue weighted by atomic mass is 32.2. The molecule has 2 aromatic rings. The third-order valence-corrected chi connectivity index (χ3v) is 3.28. The number of rotatable bonds is 4. The fraction of sp³-hybridized carbons (Fsp3) is 0.182. The van der Waals surface area contributed by atoms with E-state index >= 15 is 0 Å². The second-order valence-corrected chi connectivity index (χ2v) is 5.28. The lowest BCUT2D eigenvalue weighted by atomic mass is 10.2. The van der Waals surface area contributed by atoms with Crippen LogP contribution in [0, 0.1) is 0 Å². The molecule has 2 rings (SSSR count). The van der Waals surface area contributed by atoms with E-state index in [2.05, 4.69) is 5.10 Å². The molecule has 90 valence electrons. The van der Waals surface area contributed by atoms with Gasteiger partial charge in [-0.15, -0.1) is 0 Å². The molecule has 0 bridgehead atoms. The van der Waals surface area contributed by atoms with Crippen LogP contribution in [-0.2, 0) is 23.0 Å². The molecule has 0 fully saturated rings. The Morgan fingerprint density at radius 2 is 1.94 bits per heavy atom. The first-order chi connectivity index (χ1) is 8.05. The molecule has 2 N–H and O–H groups in total. The minimum absolute atomic E-state index is 0.0468. The van der Waals surface area contributed by atoms with Crippen LogP contribution in [0.15, 0.2) is 47.6 Å². The Morgan fingerprint density at radius 1 is 1.24 bits per heavy atom. The molecule has 0 amide bonds. The van der Waals surface area contributed by atoms with Crippen molar-refractivity contribution >= 4 is 10.0 Å². The summed E-state index contributed by atoms with van der Waals surface area (Å²) < 4.78 is 23.7. The number of hydrogen-bond donors (Lipinski definition) is 1. The second kappa shape index (κ2) is 4.68. The van der Waals surface area contributed by atoms with Crippen LogP contribution in [0.4, 0.5) is 0 Å². The number of aromatic nitrogens is 2. The van der Waals surface area contributed by atoms with Crippen molar-refractivity contribution in [2.75, 3.05) is 0 Å². The van der Waals surface area contributed by atoms with Crippen LogP contribution in [0.3, 0.4) is 0 Å². The van der Waals surface area contributed by atoms with Crippen LogP contribution >= 0.6 is 0 Å². The lowest BCUT2D eigenvalue weighted by Gasteiger charge is -2.01. The summed E-state index contributed by atoms with van der Waals surface area (Å²) in [6, 6.07) is 9.92. The summed E-state index contributed by atoms with van der Waals surface area (Å²) in [6.45, 7) is 0.625. The van der Waals surface area contributed by atoms with Crippen molar-refractivity contribution in [3.63, 3.8) is 0 Å². The minimum atomic E-state index is -3.65. The number of nitrogens with zero attached hydrogens (tertiary/aromatic N) is 2. The molecule has 0 aliphatic carbocycles. The molecular weight excluding hydrogens is 238 g/mol. The molecule has 0 spiro atoms. The lowest BCUT2D eigenvalue weighted by Crippen LogP contribution is -2.11. The fourth-order valence-corrected chi connectivity index (χ4v) is 1.96. The highest BCUT2D eigenvalue weighted by molar-refractivity contribution is 7.89. The molecule has 17 heavy (non-hydrogen) atoms. The number of benzene rings is 1. The van der Waals surface area contributed by atoms with E-state index in [9.17, 15) is 8.42 Å². The van der Waals surface area contributed by atoms with E-state index in [-0.39, 0.29) is 4.90 Å². The van der Waals surface area contributed by atoms with Gasteiger partial charge in [-0.05, 0) is 12.0 Å². The normalized spacial score (nSPS) is 11.6. The van der Waals surface area contributed by atoms with Gasteiger partial charge >= 0.3 is 0 Å². The van der Waals surface area contributed by atoms with Crippen molar-refractivity contribution < 1.29 is 8.42 Å². The van der Waals surface area contributed by atoms with Gasteiger partial charge in [-0.2, -0.15) is 5.10 Å². The van der Waals surface area contributed by atoms with Gasteiger partial charge in [0, 0.05) is 12.7 Å². The van der Waals surface area contributed by atoms with Gasteiger partial charge in [0.1, 0.15) is 4.90 Å². The lowest BCUT2D eigenvalue weighted by molar-refractivity contribution is 0.595. The Morgan fingerprint density at radius 3 is 2.53 bits per heavy atom. The highest BCUT2D eigenvalue weighted by Crippen LogP contribution is 2.06. The van der Waals surface area contributed by atoms with Crippen molar-refractivity contribution in [1.82, 2.24) is 9.78 Å². The molecule has 0 aliphatic rings. The number of primary sulfonamides is 1. The summed E-state index contributed by atoms with van der Waals surface area (Å²) in [4.78, 5) is 0.0468. The Kier molecular flexibility index (Phi) is 3.26. The van der Waals surface area contributed by atoms with E-state index in [1.807, 2.05) is 30.3 Å².